The van der Waals surface area contributed by atoms with Gasteiger partial charge in [0.2, 0.25) is 11.8 Å². The van der Waals surface area contributed by atoms with Crippen molar-refractivity contribution < 1.29 is 29.0 Å². The van der Waals surface area contributed by atoms with Crippen LogP contribution in [0.3, 0.4) is 0 Å². The molecule has 1 atom stereocenters. The second kappa shape index (κ2) is 12.2. The summed E-state index contributed by atoms with van der Waals surface area (Å²) in [6.45, 7) is 0.818. The number of pyridine rings is 1. The summed E-state index contributed by atoms with van der Waals surface area (Å²) < 4.78 is 10.9. The number of hydrogen-bond acceptors (Lipinski definition) is 7. The number of likely N-dealkylation sites (tertiary alicyclic amines) is 1. The average Bonchev–Trinajstić information content (AvgIpc) is 3.47. The summed E-state index contributed by atoms with van der Waals surface area (Å²) >= 11 is 0. The Hall–Kier alpha value is -4.15. The zero-order valence-electron chi connectivity index (χ0n) is 23.5. The van der Waals surface area contributed by atoms with Crippen molar-refractivity contribution in [3.05, 3.63) is 53.9 Å². The summed E-state index contributed by atoms with van der Waals surface area (Å²) in [5, 5.41) is 18.3. The zero-order chi connectivity index (χ0) is 29.0. The smallest absolute Gasteiger partial charge is 0.405 e. The van der Waals surface area contributed by atoms with E-state index in [2.05, 4.69) is 10.3 Å². The van der Waals surface area contributed by atoms with Crippen molar-refractivity contribution in [3.63, 3.8) is 0 Å². The maximum atomic E-state index is 13.9. The molecule has 1 aliphatic carbocycles. The van der Waals surface area contributed by atoms with E-state index in [0.29, 0.717) is 43.9 Å². The van der Waals surface area contributed by atoms with E-state index in [1.165, 1.54) is 0 Å². The van der Waals surface area contributed by atoms with Crippen molar-refractivity contribution in [1.29, 1.82) is 0 Å². The molecule has 11 heteroatoms. The SMILES string of the molecule is COc1ccc(C2=NN(C3CCN(C(=O)[C@H](Cc4cccnc4)NC(=O)O)CC3)C(=O)C3(CCCC3)C2)cc1OC. The van der Waals surface area contributed by atoms with Gasteiger partial charge in [0.1, 0.15) is 6.04 Å². The molecule has 1 spiro atoms. The van der Waals surface area contributed by atoms with Crippen LogP contribution < -0.4 is 14.8 Å². The highest BCUT2D eigenvalue weighted by atomic mass is 16.5. The lowest BCUT2D eigenvalue weighted by Crippen LogP contribution is -2.56. The minimum Gasteiger partial charge on any atom is -0.493 e. The molecule has 1 saturated carbocycles. The van der Waals surface area contributed by atoms with E-state index in [9.17, 15) is 19.5 Å². The minimum atomic E-state index is -1.25. The van der Waals surface area contributed by atoms with Crippen LogP contribution >= 0.6 is 0 Å². The maximum absolute atomic E-state index is 13.9. The molecule has 3 heterocycles. The lowest BCUT2D eigenvalue weighted by Gasteiger charge is -2.43. The number of methoxy groups -OCH3 is 2. The number of carboxylic acid groups (broad SMARTS) is 1. The fourth-order valence-corrected chi connectivity index (χ4v) is 6.37. The van der Waals surface area contributed by atoms with Gasteiger partial charge in [-0.05, 0) is 55.5 Å². The first-order valence-electron chi connectivity index (χ1n) is 14.1. The number of carbonyl (C=O) groups is 3. The van der Waals surface area contributed by atoms with Gasteiger partial charge in [-0.25, -0.2) is 9.80 Å². The number of carbonyl (C=O) groups excluding carboxylic acids is 2. The standard InChI is InChI=1S/C30H37N5O6/c1-40-25-8-7-21(17-26(25)41-2)24-18-30(11-3-4-12-30)28(37)35(33-24)22-9-14-34(15-10-22)27(36)23(32-29(38)39)16-20-6-5-13-31-19-20/h5-8,13,17,19,22-23,32H,3-4,9-12,14-16,18H2,1-2H3,(H,38,39)/t23-/m0/s1. The molecule has 0 unspecified atom stereocenters. The summed E-state index contributed by atoms with van der Waals surface area (Å²) in [6.07, 6.45) is 7.63. The highest BCUT2D eigenvalue weighted by molar-refractivity contribution is 6.06. The summed E-state index contributed by atoms with van der Waals surface area (Å²) in [5.74, 6) is 1.04. The number of rotatable bonds is 8. The molecule has 2 aromatic rings. The number of amides is 3. The van der Waals surface area contributed by atoms with Gasteiger partial charge < -0.3 is 24.8 Å². The summed E-state index contributed by atoms with van der Waals surface area (Å²) in [6, 6.07) is 8.23. The second-order valence-electron chi connectivity index (χ2n) is 11.1. The van der Waals surface area contributed by atoms with E-state index in [0.717, 1.165) is 42.5 Å². The molecule has 3 amide bonds. The maximum Gasteiger partial charge on any atom is 0.405 e. The van der Waals surface area contributed by atoms with Crippen molar-refractivity contribution in [2.45, 2.75) is 63.5 Å². The second-order valence-corrected chi connectivity index (χ2v) is 11.1. The van der Waals surface area contributed by atoms with Crippen LogP contribution in [0.4, 0.5) is 4.79 Å². The van der Waals surface area contributed by atoms with Gasteiger partial charge in [-0.2, -0.15) is 5.10 Å². The largest absolute Gasteiger partial charge is 0.493 e. The van der Waals surface area contributed by atoms with Crippen molar-refractivity contribution in [1.82, 2.24) is 20.2 Å². The number of nitrogens with one attached hydrogen (secondary N) is 1. The molecule has 5 rings (SSSR count). The Labute approximate surface area is 239 Å². The number of hydrazone groups is 1. The molecule has 1 aromatic carbocycles. The predicted molar refractivity (Wildman–Crippen MR) is 151 cm³/mol. The van der Waals surface area contributed by atoms with E-state index in [-0.39, 0.29) is 24.3 Å². The predicted octanol–water partition coefficient (Wildman–Crippen LogP) is 3.47. The number of ether oxygens (including phenoxy) is 2. The third-order valence-electron chi connectivity index (χ3n) is 8.55. The van der Waals surface area contributed by atoms with Gasteiger partial charge >= 0.3 is 6.09 Å². The van der Waals surface area contributed by atoms with E-state index in [1.807, 2.05) is 24.3 Å². The first-order valence-corrected chi connectivity index (χ1v) is 14.1. The zero-order valence-corrected chi connectivity index (χ0v) is 23.5. The average molecular weight is 564 g/mol. The topological polar surface area (TPSA) is 134 Å². The quantitative estimate of drug-likeness (QED) is 0.502. The van der Waals surface area contributed by atoms with Crippen molar-refractivity contribution in [3.8, 4) is 11.5 Å². The molecule has 41 heavy (non-hydrogen) atoms. The van der Waals surface area contributed by atoms with E-state index < -0.39 is 17.6 Å². The number of nitrogens with zero attached hydrogens (tertiary/aromatic N) is 4. The van der Waals surface area contributed by atoms with Crippen LogP contribution in [0.5, 0.6) is 11.5 Å². The highest BCUT2D eigenvalue weighted by Gasteiger charge is 2.49. The normalized spacial score (nSPS) is 19.6. The Morgan fingerprint density at radius 3 is 2.49 bits per heavy atom. The Morgan fingerprint density at radius 1 is 1.12 bits per heavy atom. The monoisotopic (exact) mass is 563 g/mol. The molecule has 2 aliphatic heterocycles. The number of piperidine rings is 1. The Bertz CT molecular complexity index is 1300. The Kier molecular flexibility index (Phi) is 8.41. The lowest BCUT2D eigenvalue weighted by molar-refractivity contribution is -0.147. The van der Waals surface area contributed by atoms with Crippen LogP contribution in [0.25, 0.3) is 0 Å². The van der Waals surface area contributed by atoms with E-state index >= 15 is 0 Å². The third kappa shape index (κ3) is 5.98. The van der Waals surface area contributed by atoms with Crippen LogP contribution in [-0.2, 0) is 16.0 Å². The van der Waals surface area contributed by atoms with E-state index in [4.69, 9.17) is 14.6 Å². The molecule has 2 N–H and O–H groups in total. The first kappa shape index (κ1) is 28.4. The van der Waals surface area contributed by atoms with Gasteiger partial charge in [0.15, 0.2) is 11.5 Å². The first-order chi connectivity index (χ1) is 19.8. The van der Waals surface area contributed by atoms with Crippen molar-refractivity contribution >= 4 is 23.6 Å². The summed E-state index contributed by atoms with van der Waals surface area (Å²) in [5.41, 5.74) is 2.06. The lowest BCUT2D eigenvalue weighted by atomic mass is 9.77. The van der Waals surface area contributed by atoms with Gasteiger partial charge in [-0.1, -0.05) is 18.9 Å². The van der Waals surface area contributed by atoms with Crippen LogP contribution in [0.1, 0.15) is 56.1 Å². The van der Waals surface area contributed by atoms with Gasteiger partial charge in [0, 0.05) is 43.9 Å². The fraction of sp³-hybridized carbons (Fsp3) is 0.500. The molecule has 0 radical (unpaired) electrons. The van der Waals surface area contributed by atoms with Crippen LogP contribution in [0.15, 0.2) is 47.8 Å². The van der Waals surface area contributed by atoms with Gasteiger partial charge in [0.05, 0.1) is 31.4 Å². The molecule has 11 nitrogen and oxygen atoms in total. The van der Waals surface area contributed by atoms with Gasteiger partial charge in [0.25, 0.3) is 0 Å². The van der Waals surface area contributed by atoms with Crippen molar-refractivity contribution in [2.24, 2.45) is 10.5 Å². The number of benzene rings is 1. The minimum absolute atomic E-state index is 0.0750. The third-order valence-corrected chi connectivity index (χ3v) is 8.55. The number of aromatic nitrogens is 1. The molecular weight excluding hydrogens is 526 g/mol. The van der Waals surface area contributed by atoms with Crippen molar-refractivity contribution in [2.75, 3.05) is 27.3 Å². The van der Waals surface area contributed by atoms with E-state index in [1.54, 1.807) is 42.6 Å². The Balaban J connectivity index is 1.34. The number of hydrogen-bond donors (Lipinski definition) is 2. The highest BCUT2D eigenvalue weighted by Crippen LogP contribution is 2.47. The fourth-order valence-electron chi connectivity index (χ4n) is 6.37. The van der Waals surface area contributed by atoms with Crippen LogP contribution in [0.2, 0.25) is 0 Å². The van der Waals surface area contributed by atoms with Gasteiger partial charge in [-0.3, -0.25) is 14.6 Å². The molecule has 1 saturated heterocycles. The van der Waals surface area contributed by atoms with Gasteiger partial charge in [-0.15, -0.1) is 0 Å². The Morgan fingerprint density at radius 2 is 1.85 bits per heavy atom. The molecular formula is C30H37N5O6. The van der Waals surface area contributed by atoms with Crippen LogP contribution in [0, 0.1) is 5.41 Å². The molecule has 218 valence electrons. The molecule has 3 aliphatic rings. The summed E-state index contributed by atoms with van der Waals surface area (Å²) in [7, 11) is 3.19. The molecule has 2 fully saturated rings. The molecule has 1 aromatic heterocycles. The molecule has 0 bridgehead atoms. The van der Waals surface area contributed by atoms with Crippen LogP contribution in [-0.4, -0.2) is 83.0 Å². The summed E-state index contributed by atoms with van der Waals surface area (Å²) in [4.78, 5) is 44.5.